The predicted octanol–water partition coefficient (Wildman–Crippen LogP) is 6.33. The molecule has 132 valence electrons. The van der Waals surface area contributed by atoms with Crippen LogP contribution in [0.5, 0.6) is 0 Å². The van der Waals surface area contributed by atoms with E-state index < -0.39 is 11.6 Å². The van der Waals surface area contributed by atoms with Crippen LogP contribution in [0.15, 0.2) is 65.7 Å². The molecule has 0 N–H and O–H groups in total. The molecule has 3 rings (SSSR count). The van der Waals surface area contributed by atoms with Crippen molar-refractivity contribution in [2.75, 3.05) is 0 Å². The number of aliphatic imine (C=N–C) groups is 1. The summed E-state index contributed by atoms with van der Waals surface area (Å²) >= 11 is 4.44. The summed E-state index contributed by atoms with van der Waals surface area (Å²) in [5.41, 5.74) is 3.90. The number of nitrogens with zero attached hydrogens (tertiary/aromatic N) is 1. The van der Waals surface area contributed by atoms with E-state index in [2.05, 4.69) is 65.4 Å². The first kappa shape index (κ1) is 18.7. The Morgan fingerprint density at radius 3 is 1.93 bits per heavy atom. The maximum Gasteiger partial charge on any atom is 0.143 e. The Morgan fingerprint density at radius 2 is 1.41 bits per heavy atom. The van der Waals surface area contributed by atoms with Gasteiger partial charge in [0.15, 0.2) is 0 Å². The van der Waals surface area contributed by atoms with Crippen LogP contribution in [-0.2, 0) is 6.42 Å². The lowest BCUT2D eigenvalue weighted by atomic mass is 10.0. The molecule has 0 aromatic heterocycles. The standard InChI is InChI=1S/C23H15F2NS/c1-2-16-3-8-18(9-4-16)19-10-5-17(6-11-19)7-12-21-22(24)13-20(26-15-27)14-23(21)25/h3-6,8-11,13-14H,2H2,1H3. The van der Waals surface area contributed by atoms with E-state index in [9.17, 15) is 8.78 Å². The topological polar surface area (TPSA) is 12.4 Å². The summed E-state index contributed by atoms with van der Waals surface area (Å²) in [6, 6.07) is 18.1. The summed E-state index contributed by atoms with van der Waals surface area (Å²) in [4.78, 5) is 3.57. The van der Waals surface area contributed by atoms with Crippen LogP contribution < -0.4 is 0 Å². The van der Waals surface area contributed by atoms with Gasteiger partial charge in [-0.3, -0.25) is 0 Å². The first-order valence-corrected chi connectivity index (χ1v) is 8.80. The van der Waals surface area contributed by atoms with Gasteiger partial charge in [0.1, 0.15) is 11.6 Å². The molecule has 0 amide bonds. The molecular weight excluding hydrogens is 360 g/mol. The van der Waals surface area contributed by atoms with E-state index in [1.165, 1.54) is 5.56 Å². The van der Waals surface area contributed by atoms with Gasteiger partial charge in [-0.25, -0.2) is 8.78 Å². The second-order valence-electron chi connectivity index (χ2n) is 5.87. The van der Waals surface area contributed by atoms with Gasteiger partial charge in [0.25, 0.3) is 0 Å². The van der Waals surface area contributed by atoms with Crippen LogP contribution in [0, 0.1) is 23.5 Å². The molecule has 3 aromatic carbocycles. The van der Waals surface area contributed by atoms with Crippen LogP contribution >= 0.6 is 12.2 Å². The molecule has 0 saturated carbocycles. The molecule has 0 aliphatic heterocycles. The molecule has 0 spiro atoms. The second-order valence-corrected chi connectivity index (χ2v) is 6.05. The number of aryl methyl sites for hydroxylation is 1. The quantitative estimate of drug-likeness (QED) is 0.296. The van der Waals surface area contributed by atoms with Gasteiger partial charge in [-0.2, -0.15) is 4.99 Å². The van der Waals surface area contributed by atoms with E-state index in [1.54, 1.807) is 0 Å². The first-order chi connectivity index (χ1) is 13.1. The number of halogens is 2. The van der Waals surface area contributed by atoms with Gasteiger partial charge in [-0.1, -0.05) is 55.2 Å². The van der Waals surface area contributed by atoms with Crippen molar-refractivity contribution in [3.8, 4) is 23.0 Å². The Morgan fingerprint density at radius 1 is 0.852 bits per heavy atom. The van der Waals surface area contributed by atoms with Gasteiger partial charge in [0.05, 0.1) is 16.4 Å². The molecule has 0 heterocycles. The lowest BCUT2D eigenvalue weighted by Crippen LogP contribution is -1.90. The number of rotatable bonds is 3. The van der Waals surface area contributed by atoms with Gasteiger partial charge in [-0.15, -0.1) is 0 Å². The average molecular weight is 375 g/mol. The van der Waals surface area contributed by atoms with Crippen LogP contribution in [-0.4, -0.2) is 5.16 Å². The second kappa shape index (κ2) is 8.51. The summed E-state index contributed by atoms with van der Waals surface area (Å²) in [5, 5.41) is 2.08. The molecule has 3 aromatic rings. The van der Waals surface area contributed by atoms with Gasteiger partial charge in [0.2, 0.25) is 0 Å². The highest BCUT2D eigenvalue weighted by molar-refractivity contribution is 7.78. The van der Waals surface area contributed by atoms with Crippen molar-refractivity contribution in [2.24, 2.45) is 4.99 Å². The van der Waals surface area contributed by atoms with E-state index in [4.69, 9.17) is 0 Å². The zero-order chi connectivity index (χ0) is 19.2. The zero-order valence-corrected chi connectivity index (χ0v) is 15.4. The Hall–Kier alpha value is -3.12. The third-order valence-electron chi connectivity index (χ3n) is 4.11. The fourth-order valence-electron chi connectivity index (χ4n) is 2.61. The molecule has 1 nitrogen and oxygen atoms in total. The Kier molecular flexibility index (Phi) is 5.88. The van der Waals surface area contributed by atoms with E-state index >= 15 is 0 Å². The van der Waals surface area contributed by atoms with Crippen LogP contribution in [0.1, 0.15) is 23.6 Å². The summed E-state index contributed by atoms with van der Waals surface area (Å²) < 4.78 is 28.0. The SMILES string of the molecule is CCc1ccc(-c2ccc(C#Cc3c(F)cc(N=C=S)cc3F)cc2)cc1. The molecule has 4 heteroatoms. The smallest absolute Gasteiger partial charge is 0.143 e. The summed E-state index contributed by atoms with van der Waals surface area (Å²) in [5.74, 6) is 3.79. The van der Waals surface area contributed by atoms with Gasteiger partial charge in [-0.05, 0) is 47.5 Å². The van der Waals surface area contributed by atoms with Crippen LogP contribution in [0.25, 0.3) is 11.1 Å². The van der Waals surface area contributed by atoms with E-state index in [0.717, 1.165) is 29.7 Å². The highest BCUT2D eigenvalue weighted by Crippen LogP contribution is 2.22. The molecule has 0 aliphatic rings. The molecule has 0 saturated heterocycles. The normalized spacial score (nSPS) is 9.89. The molecule has 0 fully saturated rings. The van der Waals surface area contributed by atoms with Crippen molar-refractivity contribution in [1.82, 2.24) is 0 Å². The Labute approximate surface area is 162 Å². The number of benzene rings is 3. The van der Waals surface area contributed by atoms with Crippen molar-refractivity contribution in [3.63, 3.8) is 0 Å². The van der Waals surface area contributed by atoms with E-state index in [-0.39, 0.29) is 11.3 Å². The first-order valence-electron chi connectivity index (χ1n) is 8.39. The van der Waals surface area contributed by atoms with Crippen LogP contribution in [0.2, 0.25) is 0 Å². The van der Waals surface area contributed by atoms with Crippen LogP contribution in [0.4, 0.5) is 14.5 Å². The monoisotopic (exact) mass is 375 g/mol. The van der Waals surface area contributed by atoms with E-state index in [1.807, 2.05) is 24.3 Å². The Bertz CT molecular complexity index is 1050. The minimum absolute atomic E-state index is 0.0731. The molecule has 0 atom stereocenters. The summed E-state index contributed by atoms with van der Waals surface area (Å²) in [6.45, 7) is 2.12. The molecule has 27 heavy (non-hydrogen) atoms. The molecule has 0 unspecified atom stereocenters. The lowest BCUT2D eigenvalue weighted by molar-refractivity contribution is 0.578. The van der Waals surface area contributed by atoms with Crippen molar-refractivity contribution < 1.29 is 8.78 Å². The Balaban J connectivity index is 1.84. The largest absolute Gasteiger partial charge is 0.205 e. The maximum atomic E-state index is 14.0. The predicted molar refractivity (Wildman–Crippen MR) is 108 cm³/mol. The van der Waals surface area contributed by atoms with Crippen molar-refractivity contribution >= 4 is 23.1 Å². The van der Waals surface area contributed by atoms with E-state index in [0.29, 0.717) is 5.56 Å². The van der Waals surface area contributed by atoms with Gasteiger partial charge < -0.3 is 0 Å². The van der Waals surface area contributed by atoms with Gasteiger partial charge >= 0.3 is 0 Å². The van der Waals surface area contributed by atoms with Gasteiger partial charge in [0, 0.05) is 17.7 Å². The summed E-state index contributed by atoms with van der Waals surface area (Å²) in [6.07, 6.45) is 1.00. The minimum Gasteiger partial charge on any atom is -0.205 e. The molecule has 0 aliphatic carbocycles. The third kappa shape index (κ3) is 4.54. The van der Waals surface area contributed by atoms with Crippen molar-refractivity contribution in [2.45, 2.75) is 13.3 Å². The number of thiocarbonyl (C=S) groups is 1. The number of hydrogen-bond donors (Lipinski definition) is 0. The molecular formula is C23H15F2NS. The lowest BCUT2D eigenvalue weighted by Gasteiger charge is -2.03. The zero-order valence-electron chi connectivity index (χ0n) is 14.6. The van der Waals surface area contributed by atoms with Crippen molar-refractivity contribution in [1.29, 1.82) is 0 Å². The minimum atomic E-state index is -0.779. The highest BCUT2D eigenvalue weighted by Gasteiger charge is 2.08. The fourth-order valence-corrected chi connectivity index (χ4v) is 2.72. The highest BCUT2D eigenvalue weighted by atomic mass is 32.1. The average Bonchev–Trinajstić information content (AvgIpc) is 2.68. The molecule has 0 radical (unpaired) electrons. The third-order valence-corrected chi connectivity index (χ3v) is 4.21. The fraction of sp³-hybridized carbons (Fsp3) is 0.0870. The number of hydrogen-bond acceptors (Lipinski definition) is 2. The summed E-state index contributed by atoms with van der Waals surface area (Å²) in [7, 11) is 0. The number of isothiocyanates is 1. The maximum absolute atomic E-state index is 14.0. The van der Waals surface area contributed by atoms with Crippen LogP contribution in [0.3, 0.4) is 0 Å². The molecule has 0 bridgehead atoms. The van der Waals surface area contributed by atoms with Crippen molar-refractivity contribution in [3.05, 3.63) is 89.0 Å².